The first-order valence-corrected chi connectivity index (χ1v) is 7.83. The Morgan fingerprint density at radius 1 is 1.09 bits per heavy atom. The monoisotopic (exact) mass is 352 g/mol. The fourth-order valence-electron chi connectivity index (χ4n) is 2.23. The van der Waals surface area contributed by atoms with Crippen LogP contribution in [0.25, 0.3) is 11.1 Å². The van der Waals surface area contributed by atoms with Crippen LogP contribution in [0.5, 0.6) is 0 Å². The van der Waals surface area contributed by atoms with Crippen LogP contribution in [0.3, 0.4) is 0 Å². The summed E-state index contributed by atoms with van der Waals surface area (Å²) in [5.41, 5.74) is 3.34. The molecule has 124 valence electrons. The second-order valence-electron chi connectivity index (χ2n) is 5.19. The summed E-state index contributed by atoms with van der Waals surface area (Å²) in [5, 5.41) is 6.90. The van der Waals surface area contributed by atoms with Crippen molar-refractivity contribution in [1.82, 2.24) is 10.6 Å². The third-order valence-electron chi connectivity index (χ3n) is 3.35. The SMILES string of the molecule is CC(=O)NCCCNCc1ccc(-c2ccccc2)c(Cl)c1.Cl. The summed E-state index contributed by atoms with van der Waals surface area (Å²) in [4.78, 5) is 10.7. The average Bonchev–Trinajstić information content (AvgIpc) is 2.51. The number of nitrogens with one attached hydrogen (secondary N) is 2. The summed E-state index contributed by atoms with van der Waals surface area (Å²) in [6.45, 7) is 3.87. The number of hydrogen-bond donors (Lipinski definition) is 2. The summed E-state index contributed by atoms with van der Waals surface area (Å²) in [5.74, 6) is 0.0169. The predicted octanol–water partition coefficient (Wildman–Crippen LogP) is 4.04. The Kier molecular flexibility index (Phi) is 8.70. The van der Waals surface area contributed by atoms with E-state index in [9.17, 15) is 4.79 Å². The summed E-state index contributed by atoms with van der Waals surface area (Å²) < 4.78 is 0. The van der Waals surface area contributed by atoms with Gasteiger partial charge in [-0.1, -0.05) is 54.1 Å². The number of halogens is 2. The number of benzene rings is 2. The molecular formula is C18H22Cl2N2O. The van der Waals surface area contributed by atoms with Crippen LogP contribution in [0.15, 0.2) is 48.5 Å². The second-order valence-corrected chi connectivity index (χ2v) is 5.60. The van der Waals surface area contributed by atoms with Crippen LogP contribution in [0.2, 0.25) is 5.02 Å². The van der Waals surface area contributed by atoms with E-state index in [1.54, 1.807) is 0 Å². The van der Waals surface area contributed by atoms with Crippen molar-refractivity contribution in [1.29, 1.82) is 0 Å². The molecule has 0 aliphatic heterocycles. The third-order valence-corrected chi connectivity index (χ3v) is 3.66. The molecule has 2 aromatic rings. The fourth-order valence-corrected chi connectivity index (χ4v) is 2.54. The van der Waals surface area contributed by atoms with Gasteiger partial charge in [0, 0.05) is 30.6 Å². The van der Waals surface area contributed by atoms with Crippen molar-refractivity contribution in [3.05, 3.63) is 59.1 Å². The quantitative estimate of drug-likeness (QED) is 0.738. The molecule has 2 rings (SSSR count). The molecule has 0 radical (unpaired) electrons. The predicted molar refractivity (Wildman–Crippen MR) is 99.1 cm³/mol. The van der Waals surface area contributed by atoms with Crippen LogP contribution in [0.1, 0.15) is 18.9 Å². The Bertz CT molecular complexity index is 618. The number of carbonyl (C=O) groups excluding carboxylic acids is 1. The Morgan fingerprint density at radius 2 is 1.83 bits per heavy atom. The van der Waals surface area contributed by atoms with Crippen LogP contribution in [-0.2, 0) is 11.3 Å². The zero-order valence-electron chi connectivity index (χ0n) is 13.1. The molecule has 0 aliphatic rings. The molecule has 1 amide bonds. The smallest absolute Gasteiger partial charge is 0.216 e. The minimum absolute atomic E-state index is 0. The van der Waals surface area contributed by atoms with Gasteiger partial charge in [0.2, 0.25) is 5.91 Å². The molecule has 0 unspecified atom stereocenters. The zero-order valence-corrected chi connectivity index (χ0v) is 14.7. The van der Waals surface area contributed by atoms with Crippen LogP contribution in [-0.4, -0.2) is 19.0 Å². The first kappa shape index (κ1) is 19.5. The van der Waals surface area contributed by atoms with E-state index in [1.807, 2.05) is 24.3 Å². The lowest BCUT2D eigenvalue weighted by Crippen LogP contribution is -2.24. The average molecular weight is 353 g/mol. The molecule has 0 aromatic heterocycles. The van der Waals surface area contributed by atoms with Crippen LogP contribution >= 0.6 is 24.0 Å². The van der Waals surface area contributed by atoms with E-state index in [-0.39, 0.29) is 18.3 Å². The maximum Gasteiger partial charge on any atom is 0.216 e. The number of hydrogen-bond acceptors (Lipinski definition) is 2. The summed E-state index contributed by atoms with van der Waals surface area (Å²) in [7, 11) is 0. The van der Waals surface area contributed by atoms with Gasteiger partial charge >= 0.3 is 0 Å². The zero-order chi connectivity index (χ0) is 15.8. The maximum absolute atomic E-state index is 10.7. The van der Waals surface area contributed by atoms with Crippen molar-refractivity contribution in [3.8, 4) is 11.1 Å². The van der Waals surface area contributed by atoms with Gasteiger partial charge in [0.05, 0.1) is 0 Å². The molecule has 0 spiro atoms. The Labute approximate surface area is 148 Å². The van der Waals surface area contributed by atoms with E-state index in [1.165, 1.54) is 6.92 Å². The summed E-state index contributed by atoms with van der Waals surface area (Å²) in [6, 6.07) is 16.3. The highest BCUT2D eigenvalue weighted by Crippen LogP contribution is 2.28. The normalized spacial score (nSPS) is 10.0. The third kappa shape index (κ3) is 6.61. The van der Waals surface area contributed by atoms with Gasteiger partial charge in [-0.3, -0.25) is 4.79 Å². The fraction of sp³-hybridized carbons (Fsp3) is 0.278. The van der Waals surface area contributed by atoms with Gasteiger partial charge in [-0.2, -0.15) is 0 Å². The van der Waals surface area contributed by atoms with E-state index < -0.39 is 0 Å². The van der Waals surface area contributed by atoms with Crippen molar-refractivity contribution in [3.63, 3.8) is 0 Å². The lowest BCUT2D eigenvalue weighted by molar-refractivity contribution is -0.118. The molecule has 2 aromatic carbocycles. The molecular weight excluding hydrogens is 331 g/mol. The highest BCUT2D eigenvalue weighted by Gasteiger charge is 2.04. The minimum atomic E-state index is 0. The van der Waals surface area contributed by atoms with E-state index >= 15 is 0 Å². The largest absolute Gasteiger partial charge is 0.356 e. The van der Waals surface area contributed by atoms with Crippen LogP contribution in [0.4, 0.5) is 0 Å². The Hall–Kier alpha value is -1.55. The standard InChI is InChI=1S/C18H21ClN2O.ClH/c1-14(22)21-11-5-10-20-13-15-8-9-17(18(19)12-15)16-6-3-2-4-7-16;/h2-4,6-9,12,20H,5,10-11,13H2,1H3,(H,21,22);1H. The van der Waals surface area contributed by atoms with E-state index in [0.29, 0.717) is 6.54 Å². The van der Waals surface area contributed by atoms with Crippen molar-refractivity contribution >= 4 is 29.9 Å². The van der Waals surface area contributed by atoms with Crippen molar-refractivity contribution < 1.29 is 4.79 Å². The van der Waals surface area contributed by atoms with Gasteiger partial charge in [-0.05, 0) is 30.2 Å². The topological polar surface area (TPSA) is 41.1 Å². The van der Waals surface area contributed by atoms with Gasteiger partial charge in [0.15, 0.2) is 0 Å². The van der Waals surface area contributed by atoms with E-state index in [0.717, 1.165) is 41.2 Å². The highest BCUT2D eigenvalue weighted by atomic mass is 35.5. The molecule has 23 heavy (non-hydrogen) atoms. The second kappa shape index (κ2) is 10.3. The molecule has 0 aliphatic carbocycles. The van der Waals surface area contributed by atoms with Crippen LogP contribution < -0.4 is 10.6 Å². The first-order chi connectivity index (χ1) is 10.7. The van der Waals surface area contributed by atoms with Gasteiger partial charge < -0.3 is 10.6 Å². The maximum atomic E-state index is 10.7. The summed E-state index contributed by atoms with van der Waals surface area (Å²) in [6.07, 6.45) is 0.912. The highest BCUT2D eigenvalue weighted by molar-refractivity contribution is 6.33. The molecule has 0 fully saturated rings. The lowest BCUT2D eigenvalue weighted by Gasteiger charge is -2.09. The van der Waals surface area contributed by atoms with Gasteiger partial charge in [-0.25, -0.2) is 0 Å². The van der Waals surface area contributed by atoms with Crippen molar-refractivity contribution in [2.75, 3.05) is 13.1 Å². The van der Waals surface area contributed by atoms with Crippen molar-refractivity contribution in [2.45, 2.75) is 19.9 Å². The van der Waals surface area contributed by atoms with Gasteiger partial charge in [-0.15, -0.1) is 12.4 Å². The molecule has 5 heteroatoms. The molecule has 0 atom stereocenters. The van der Waals surface area contributed by atoms with Gasteiger partial charge in [0.25, 0.3) is 0 Å². The molecule has 0 saturated carbocycles. The van der Waals surface area contributed by atoms with Gasteiger partial charge in [0.1, 0.15) is 0 Å². The summed E-state index contributed by atoms with van der Waals surface area (Å²) >= 11 is 6.39. The van der Waals surface area contributed by atoms with E-state index in [2.05, 4.69) is 34.9 Å². The Morgan fingerprint density at radius 3 is 2.48 bits per heavy atom. The lowest BCUT2D eigenvalue weighted by atomic mass is 10.0. The minimum Gasteiger partial charge on any atom is -0.356 e. The number of rotatable bonds is 7. The first-order valence-electron chi connectivity index (χ1n) is 7.46. The molecule has 0 bridgehead atoms. The van der Waals surface area contributed by atoms with Crippen molar-refractivity contribution in [2.24, 2.45) is 0 Å². The Balaban J connectivity index is 0.00000264. The van der Waals surface area contributed by atoms with Crippen LogP contribution in [0, 0.1) is 0 Å². The number of carbonyl (C=O) groups is 1. The number of amides is 1. The molecule has 2 N–H and O–H groups in total. The molecule has 0 saturated heterocycles. The molecule has 3 nitrogen and oxygen atoms in total. The molecule has 0 heterocycles. The van der Waals surface area contributed by atoms with E-state index in [4.69, 9.17) is 11.6 Å².